The first-order chi connectivity index (χ1) is 14.3. The van der Waals surface area contributed by atoms with Crippen molar-refractivity contribution >= 4 is 0 Å². The first-order valence-electron chi connectivity index (χ1n) is 10.6. The molecule has 0 aromatic heterocycles. The van der Waals surface area contributed by atoms with Gasteiger partial charge in [0.2, 0.25) is 0 Å². The average Bonchev–Trinajstić information content (AvgIpc) is 2.71. The fourth-order valence-corrected chi connectivity index (χ4v) is 5.40. The summed E-state index contributed by atoms with van der Waals surface area (Å²) in [7, 11) is 0. The van der Waals surface area contributed by atoms with Gasteiger partial charge in [-0.2, -0.15) is 13.2 Å². The monoisotopic (exact) mass is 420 g/mol. The molecule has 0 nitrogen and oxygen atoms in total. The van der Waals surface area contributed by atoms with Gasteiger partial charge in [-0.25, -0.2) is 8.78 Å². The molecule has 2 fully saturated rings. The van der Waals surface area contributed by atoms with Gasteiger partial charge in [-0.3, -0.25) is 0 Å². The molecule has 0 bridgehead atoms. The molecule has 0 saturated heterocycles. The average molecular weight is 420 g/mol. The number of hydrogen-bond acceptors (Lipinski definition) is 0. The third-order valence-corrected chi connectivity index (χ3v) is 7.03. The van der Waals surface area contributed by atoms with Crippen LogP contribution in [-0.4, -0.2) is 0 Å². The largest absolute Gasteiger partial charge is 0.422 e. The van der Waals surface area contributed by atoms with Crippen molar-refractivity contribution in [3.63, 3.8) is 0 Å². The summed E-state index contributed by atoms with van der Waals surface area (Å²) in [6, 6.07) is 8.90. The number of hydrogen-bond donors (Lipinski definition) is 0. The maximum absolute atomic E-state index is 13.9. The van der Waals surface area contributed by atoms with Gasteiger partial charge < -0.3 is 0 Å². The highest BCUT2D eigenvalue weighted by atomic mass is 19.4. The maximum atomic E-state index is 13.9. The third-order valence-electron chi connectivity index (χ3n) is 7.03. The topological polar surface area (TPSA) is 0 Å². The maximum Gasteiger partial charge on any atom is 0.422 e. The molecular formula is C25H25F5. The molecule has 0 spiro atoms. The van der Waals surface area contributed by atoms with Gasteiger partial charge in [-0.05, 0) is 91.0 Å². The predicted molar refractivity (Wildman–Crippen MR) is 108 cm³/mol. The van der Waals surface area contributed by atoms with Gasteiger partial charge in [-0.1, -0.05) is 30.3 Å². The summed E-state index contributed by atoms with van der Waals surface area (Å²) >= 11 is 0. The Bertz CT molecular complexity index is 889. The summed E-state index contributed by atoms with van der Waals surface area (Å²) in [6.45, 7) is 3.94. The minimum atomic E-state index is -5.06. The van der Waals surface area contributed by atoms with Crippen LogP contribution in [0.4, 0.5) is 22.0 Å². The normalized spacial score (nSPS) is 26.8. The second kappa shape index (κ2) is 8.16. The van der Waals surface area contributed by atoms with Crippen LogP contribution >= 0.6 is 0 Å². The minimum absolute atomic E-state index is 0.107. The van der Waals surface area contributed by atoms with E-state index in [9.17, 15) is 22.0 Å². The molecule has 0 radical (unpaired) electrons. The van der Waals surface area contributed by atoms with Crippen LogP contribution in [0.3, 0.4) is 0 Å². The minimum Gasteiger partial charge on any atom is -0.206 e. The first-order valence-corrected chi connectivity index (χ1v) is 10.6. The lowest BCUT2D eigenvalue weighted by molar-refractivity contribution is -0.142. The third kappa shape index (κ3) is 4.17. The van der Waals surface area contributed by atoms with E-state index in [4.69, 9.17) is 0 Å². The van der Waals surface area contributed by atoms with Crippen LogP contribution in [0, 0.1) is 29.4 Å². The summed E-state index contributed by atoms with van der Waals surface area (Å²) in [5.41, 5.74) is -0.0387. The summed E-state index contributed by atoms with van der Waals surface area (Å²) < 4.78 is 66.1. The smallest absolute Gasteiger partial charge is 0.206 e. The Morgan fingerprint density at radius 2 is 1.40 bits per heavy atom. The number of benzene rings is 2. The molecule has 2 aromatic rings. The molecular weight excluding hydrogens is 395 g/mol. The highest BCUT2D eigenvalue weighted by Gasteiger charge is 2.38. The molecule has 4 rings (SSSR count). The molecule has 2 aliphatic rings. The van der Waals surface area contributed by atoms with Gasteiger partial charge in [-0.15, -0.1) is 6.58 Å². The van der Waals surface area contributed by atoms with Crippen molar-refractivity contribution < 1.29 is 22.0 Å². The molecule has 0 amide bonds. The molecule has 0 aliphatic heterocycles. The van der Waals surface area contributed by atoms with E-state index in [1.54, 1.807) is 12.1 Å². The summed E-state index contributed by atoms with van der Waals surface area (Å²) in [4.78, 5) is 0. The molecule has 2 saturated carbocycles. The fourth-order valence-electron chi connectivity index (χ4n) is 5.40. The van der Waals surface area contributed by atoms with E-state index in [1.807, 2.05) is 12.1 Å². The molecule has 2 aromatic carbocycles. The lowest BCUT2D eigenvalue weighted by atomic mass is 9.64. The van der Waals surface area contributed by atoms with E-state index >= 15 is 0 Å². The Morgan fingerprint density at radius 1 is 0.800 bits per heavy atom. The van der Waals surface area contributed by atoms with Crippen LogP contribution in [0.1, 0.15) is 55.6 Å². The first kappa shape index (κ1) is 21.1. The van der Waals surface area contributed by atoms with E-state index in [0.717, 1.165) is 36.8 Å². The summed E-state index contributed by atoms with van der Waals surface area (Å²) in [6.07, 6.45) is 4.20. The molecule has 30 heavy (non-hydrogen) atoms. The number of fused-ring (bicyclic) bond motifs is 1. The van der Waals surface area contributed by atoms with Gasteiger partial charge in [0.05, 0.1) is 0 Å². The van der Waals surface area contributed by atoms with E-state index in [1.165, 1.54) is 31.2 Å². The van der Waals surface area contributed by atoms with Crippen molar-refractivity contribution in [2.75, 3.05) is 0 Å². The lowest BCUT2D eigenvalue weighted by Gasteiger charge is -2.41. The molecule has 5 heteroatoms. The highest BCUT2D eigenvalue weighted by Crippen LogP contribution is 2.48. The quantitative estimate of drug-likeness (QED) is 0.347. The molecule has 0 heterocycles. The Morgan fingerprint density at radius 3 is 2.00 bits per heavy atom. The van der Waals surface area contributed by atoms with E-state index in [-0.39, 0.29) is 5.56 Å². The van der Waals surface area contributed by atoms with Crippen molar-refractivity contribution in [2.24, 2.45) is 17.8 Å². The standard InChI is InChI=1S/C25H25F5/c1-2-15-3-4-20-12-19(10-9-18(20)11-15)16-5-7-17(8-6-16)21-13-22(26)24(23(27)14-21)25(28,29)30/h2,5-8,13-15,18-20H,1,3-4,9-12H2. The zero-order valence-corrected chi connectivity index (χ0v) is 16.7. The van der Waals surface area contributed by atoms with E-state index < -0.39 is 23.4 Å². The van der Waals surface area contributed by atoms with Crippen LogP contribution < -0.4 is 0 Å². The van der Waals surface area contributed by atoms with Crippen LogP contribution in [0.2, 0.25) is 0 Å². The van der Waals surface area contributed by atoms with Gasteiger partial charge in [0.1, 0.15) is 17.2 Å². The Labute approximate surface area is 173 Å². The molecule has 4 atom stereocenters. The van der Waals surface area contributed by atoms with Crippen LogP contribution in [-0.2, 0) is 6.18 Å². The van der Waals surface area contributed by atoms with Gasteiger partial charge in [0, 0.05) is 0 Å². The SMILES string of the molecule is C=CC1CCC2CC(c3ccc(-c4cc(F)c(C(F)(F)F)c(F)c4)cc3)CCC2C1. The van der Waals surface area contributed by atoms with E-state index in [2.05, 4.69) is 12.7 Å². The zero-order chi connectivity index (χ0) is 21.5. The summed E-state index contributed by atoms with van der Waals surface area (Å²) in [5, 5.41) is 0. The number of rotatable bonds is 3. The molecule has 4 unspecified atom stereocenters. The highest BCUT2D eigenvalue weighted by molar-refractivity contribution is 5.64. The van der Waals surface area contributed by atoms with E-state index in [0.29, 0.717) is 17.4 Å². The van der Waals surface area contributed by atoms with Crippen molar-refractivity contribution in [3.05, 3.63) is 71.8 Å². The van der Waals surface area contributed by atoms with Crippen LogP contribution in [0.15, 0.2) is 49.1 Å². The van der Waals surface area contributed by atoms with Crippen molar-refractivity contribution in [1.29, 1.82) is 0 Å². The number of halogens is 5. The predicted octanol–water partition coefficient (Wildman–Crippen LogP) is 8.14. The van der Waals surface area contributed by atoms with Gasteiger partial charge in [0.15, 0.2) is 0 Å². The van der Waals surface area contributed by atoms with Crippen LogP contribution in [0.25, 0.3) is 11.1 Å². The Balaban J connectivity index is 1.50. The fraction of sp³-hybridized carbons (Fsp3) is 0.440. The van der Waals surface area contributed by atoms with Crippen molar-refractivity contribution in [1.82, 2.24) is 0 Å². The Hall–Kier alpha value is -2.17. The van der Waals surface area contributed by atoms with Gasteiger partial charge in [0.25, 0.3) is 0 Å². The van der Waals surface area contributed by atoms with Crippen molar-refractivity contribution in [2.45, 2.75) is 50.6 Å². The number of allylic oxidation sites excluding steroid dienone is 1. The second-order valence-electron chi connectivity index (χ2n) is 8.77. The second-order valence-corrected chi connectivity index (χ2v) is 8.77. The Kier molecular flexibility index (Phi) is 5.73. The molecule has 160 valence electrons. The summed E-state index contributed by atoms with van der Waals surface area (Å²) in [5.74, 6) is -0.563. The molecule has 0 N–H and O–H groups in total. The number of alkyl halides is 3. The lowest BCUT2D eigenvalue weighted by Crippen LogP contribution is -2.29. The zero-order valence-electron chi connectivity index (χ0n) is 16.7. The van der Waals surface area contributed by atoms with Crippen molar-refractivity contribution in [3.8, 4) is 11.1 Å². The van der Waals surface area contributed by atoms with Gasteiger partial charge >= 0.3 is 6.18 Å². The van der Waals surface area contributed by atoms with Crippen LogP contribution in [0.5, 0.6) is 0 Å². The molecule has 2 aliphatic carbocycles.